The Labute approximate surface area is 170 Å². The van der Waals surface area contributed by atoms with Crippen LogP contribution in [-0.2, 0) is 0 Å². The largest absolute Gasteiger partial charge is 0.366 e. The minimum Gasteiger partial charge on any atom is -0.366 e. The number of benzene rings is 1. The van der Waals surface area contributed by atoms with Gasteiger partial charge in [0.05, 0.1) is 0 Å². The minimum atomic E-state index is -0.328. The Morgan fingerprint density at radius 3 is 2.68 bits per heavy atom. The zero-order chi connectivity index (χ0) is 20.1. The molecule has 2 saturated heterocycles. The number of primary amides is 1. The summed E-state index contributed by atoms with van der Waals surface area (Å²) >= 11 is 0. The topological polar surface area (TPSA) is 58.4 Å². The Balaban J connectivity index is 1.47. The maximum atomic E-state index is 11.5. The molecule has 2 aliphatic rings. The first-order valence-corrected chi connectivity index (χ1v) is 10.9. The van der Waals surface area contributed by atoms with E-state index in [2.05, 4.69) is 36.7 Å². The number of hydrogen-bond acceptors (Lipinski definition) is 3. The number of rotatable bonds is 10. The van der Waals surface area contributed by atoms with E-state index in [9.17, 15) is 4.79 Å². The minimum absolute atomic E-state index is 0.290. The summed E-state index contributed by atoms with van der Waals surface area (Å²) in [5, 5.41) is 3.63. The number of piperidine rings is 1. The summed E-state index contributed by atoms with van der Waals surface area (Å²) in [5.41, 5.74) is 7.68. The number of hydrogen-bond donors (Lipinski definition) is 2. The molecule has 1 amide bonds. The third-order valence-corrected chi connectivity index (χ3v) is 6.60. The van der Waals surface area contributed by atoms with Crippen LogP contribution < -0.4 is 11.1 Å². The van der Waals surface area contributed by atoms with Crippen molar-refractivity contribution in [2.45, 2.75) is 70.4 Å². The molecule has 0 aliphatic carbocycles. The van der Waals surface area contributed by atoms with Gasteiger partial charge in [-0.05, 0) is 80.6 Å². The predicted octanol–water partition coefficient (Wildman–Crippen LogP) is 4.08. The molecule has 1 aromatic carbocycles. The smallest absolute Gasteiger partial charge is 0.248 e. The molecule has 0 saturated carbocycles. The summed E-state index contributed by atoms with van der Waals surface area (Å²) in [5.74, 6) is 0.233. The lowest BCUT2D eigenvalue weighted by atomic mass is 9.84. The van der Waals surface area contributed by atoms with Crippen molar-refractivity contribution in [3.05, 3.63) is 48.0 Å². The van der Waals surface area contributed by atoms with Gasteiger partial charge >= 0.3 is 0 Å². The number of carbonyl (C=O) groups is 1. The molecule has 2 aliphatic heterocycles. The molecule has 4 heteroatoms. The van der Waals surface area contributed by atoms with E-state index in [-0.39, 0.29) is 5.91 Å². The van der Waals surface area contributed by atoms with Crippen LogP contribution >= 0.6 is 0 Å². The molecular weight excluding hydrogens is 346 g/mol. The standard InChI is InChI=1S/C24H37N3O/c1-4-11-24(2,3)17-26-12-6-13-27-21-9-10-22(27)16-20(15-21)18-7-5-8-19(14-18)23(25)28/h4-5,7-8,14,20-22,26H,1,6,9-13,15-17H2,2-3H3,(H2,25,28)/t20-,21+,22-. The first-order chi connectivity index (χ1) is 13.4. The normalized spacial score (nSPS) is 25.0. The van der Waals surface area contributed by atoms with Crippen molar-refractivity contribution in [2.24, 2.45) is 11.1 Å². The van der Waals surface area contributed by atoms with Crippen molar-refractivity contribution in [1.82, 2.24) is 10.2 Å². The third kappa shape index (κ3) is 5.24. The molecule has 2 bridgehead atoms. The van der Waals surface area contributed by atoms with Crippen LogP contribution in [0.15, 0.2) is 36.9 Å². The molecule has 0 radical (unpaired) electrons. The van der Waals surface area contributed by atoms with E-state index in [4.69, 9.17) is 5.73 Å². The molecule has 0 spiro atoms. The fourth-order valence-corrected chi connectivity index (χ4v) is 5.13. The van der Waals surface area contributed by atoms with E-state index in [1.54, 1.807) is 0 Å². The Kier molecular flexibility index (Phi) is 6.95. The molecule has 0 unspecified atom stereocenters. The molecule has 3 rings (SSSR count). The molecule has 2 fully saturated rings. The summed E-state index contributed by atoms with van der Waals surface area (Å²) in [6.45, 7) is 11.8. The molecule has 2 heterocycles. The van der Waals surface area contributed by atoms with Crippen molar-refractivity contribution in [2.75, 3.05) is 19.6 Å². The summed E-state index contributed by atoms with van der Waals surface area (Å²) < 4.78 is 0. The molecule has 3 N–H and O–H groups in total. The van der Waals surface area contributed by atoms with E-state index in [0.717, 1.165) is 19.5 Å². The molecule has 28 heavy (non-hydrogen) atoms. The van der Waals surface area contributed by atoms with E-state index in [1.165, 1.54) is 44.2 Å². The van der Waals surface area contributed by atoms with E-state index in [0.29, 0.717) is 29.0 Å². The molecule has 1 aromatic rings. The molecule has 3 atom stereocenters. The van der Waals surface area contributed by atoms with Crippen LogP contribution in [0.1, 0.15) is 74.2 Å². The van der Waals surface area contributed by atoms with Gasteiger partial charge in [0.1, 0.15) is 0 Å². The fourth-order valence-electron chi connectivity index (χ4n) is 5.13. The zero-order valence-electron chi connectivity index (χ0n) is 17.6. The average molecular weight is 384 g/mol. The number of fused-ring (bicyclic) bond motifs is 2. The third-order valence-electron chi connectivity index (χ3n) is 6.60. The molecule has 154 valence electrons. The van der Waals surface area contributed by atoms with E-state index in [1.807, 2.05) is 24.3 Å². The summed E-state index contributed by atoms with van der Waals surface area (Å²) in [7, 11) is 0. The molecule has 0 aromatic heterocycles. The summed E-state index contributed by atoms with van der Waals surface area (Å²) in [4.78, 5) is 14.3. The number of nitrogens with one attached hydrogen (secondary N) is 1. The number of amides is 1. The highest BCUT2D eigenvalue weighted by molar-refractivity contribution is 5.92. The second kappa shape index (κ2) is 9.23. The van der Waals surface area contributed by atoms with Crippen molar-refractivity contribution >= 4 is 5.91 Å². The van der Waals surface area contributed by atoms with Gasteiger partial charge in [0.25, 0.3) is 0 Å². The van der Waals surface area contributed by atoms with Gasteiger partial charge in [0.2, 0.25) is 5.91 Å². The van der Waals surface area contributed by atoms with E-state index < -0.39 is 0 Å². The Morgan fingerprint density at radius 1 is 1.32 bits per heavy atom. The van der Waals surface area contributed by atoms with Crippen LogP contribution in [0, 0.1) is 5.41 Å². The van der Waals surface area contributed by atoms with Crippen LogP contribution in [-0.4, -0.2) is 42.5 Å². The number of carbonyl (C=O) groups excluding carboxylic acids is 1. The lowest BCUT2D eigenvalue weighted by Crippen LogP contribution is -2.43. The molecule has 4 nitrogen and oxygen atoms in total. The Hall–Kier alpha value is -1.65. The van der Waals surface area contributed by atoms with Gasteiger partial charge in [0.15, 0.2) is 0 Å². The van der Waals surface area contributed by atoms with Crippen molar-refractivity contribution in [3.63, 3.8) is 0 Å². The van der Waals surface area contributed by atoms with Crippen molar-refractivity contribution in [1.29, 1.82) is 0 Å². The Morgan fingerprint density at radius 2 is 2.04 bits per heavy atom. The van der Waals surface area contributed by atoms with Gasteiger partial charge in [-0.15, -0.1) is 6.58 Å². The first-order valence-electron chi connectivity index (χ1n) is 10.9. The van der Waals surface area contributed by atoms with Crippen LogP contribution in [0.4, 0.5) is 0 Å². The second-order valence-electron chi connectivity index (χ2n) is 9.47. The van der Waals surface area contributed by atoms with Gasteiger partial charge in [-0.2, -0.15) is 0 Å². The van der Waals surface area contributed by atoms with Gasteiger partial charge in [-0.1, -0.05) is 32.1 Å². The quantitative estimate of drug-likeness (QED) is 0.473. The lowest BCUT2D eigenvalue weighted by Gasteiger charge is -2.39. The second-order valence-corrected chi connectivity index (χ2v) is 9.47. The highest BCUT2D eigenvalue weighted by atomic mass is 16.1. The zero-order valence-corrected chi connectivity index (χ0v) is 17.6. The van der Waals surface area contributed by atoms with Gasteiger partial charge in [0, 0.05) is 24.2 Å². The average Bonchev–Trinajstić information content (AvgIpc) is 2.89. The van der Waals surface area contributed by atoms with Crippen LogP contribution in [0.3, 0.4) is 0 Å². The van der Waals surface area contributed by atoms with Gasteiger partial charge in [-0.3, -0.25) is 9.69 Å². The Bertz CT molecular complexity index is 670. The van der Waals surface area contributed by atoms with Crippen LogP contribution in [0.2, 0.25) is 0 Å². The van der Waals surface area contributed by atoms with Gasteiger partial charge in [-0.25, -0.2) is 0 Å². The van der Waals surface area contributed by atoms with Crippen LogP contribution in [0.25, 0.3) is 0 Å². The van der Waals surface area contributed by atoms with Crippen LogP contribution in [0.5, 0.6) is 0 Å². The van der Waals surface area contributed by atoms with Gasteiger partial charge < -0.3 is 11.1 Å². The number of nitrogens with two attached hydrogens (primary N) is 1. The SMILES string of the molecule is C=CCC(C)(C)CNCCCN1[C@@H]2CC[C@H]1C[C@@H](c1cccc(C(N)=O)c1)C2. The maximum absolute atomic E-state index is 11.5. The lowest BCUT2D eigenvalue weighted by molar-refractivity contribution is 0.1000. The fraction of sp³-hybridized carbons (Fsp3) is 0.625. The number of allylic oxidation sites excluding steroid dienone is 1. The number of nitrogens with zero attached hydrogens (tertiary/aromatic N) is 1. The molecular formula is C24H37N3O. The van der Waals surface area contributed by atoms with Crippen molar-refractivity contribution < 1.29 is 4.79 Å². The monoisotopic (exact) mass is 383 g/mol. The highest BCUT2D eigenvalue weighted by Crippen LogP contribution is 2.43. The first kappa shape index (κ1) is 21.1. The highest BCUT2D eigenvalue weighted by Gasteiger charge is 2.40. The summed E-state index contributed by atoms with van der Waals surface area (Å²) in [6, 6.07) is 9.36. The maximum Gasteiger partial charge on any atom is 0.248 e. The van der Waals surface area contributed by atoms with Crippen molar-refractivity contribution in [3.8, 4) is 0 Å². The summed E-state index contributed by atoms with van der Waals surface area (Å²) in [6.07, 6.45) is 9.32. The van der Waals surface area contributed by atoms with E-state index >= 15 is 0 Å². The predicted molar refractivity (Wildman–Crippen MR) is 117 cm³/mol.